The number of benzene rings is 1. The van der Waals surface area contributed by atoms with Gasteiger partial charge in [-0.2, -0.15) is 5.10 Å². The number of rotatable bonds is 2. The molecule has 1 aliphatic heterocycles. The van der Waals surface area contributed by atoms with Gasteiger partial charge in [0.05, 0.1) is 0 Å². The lowest BCUT2D eigenvalue weighted by molar-refractivity contribution is -0.120. The summed E-state index contributed by atoms with van der Waals surface area (Å²) in [4.78, 5) is 15.9. The number of phenolic OH excluding ortho intramolecular Hbond substituents is 1. The molecule has 0 saturated heterocycles. The van der Waals surface area contributed by atoms with Gasteiger partial charge in [0.25, 0.3) is 5.91 Å². The summed E-state index contributed by atoms with van der Waals surface area (Å²) in [6, 6.07) is 5.79. The molecule has 1 heterocycles. The second kappa shape index (κ2) is 4.87. The summed E-state index contributed by atoms with van der Waals surface area (Å²) in [6.07, 6.45) is 0. The number of phenols is 1. The van der Waals surface area contributed by atoms with Crippen LogP contribution in [0.25, 0.3) is 0 Å². The molecular formula is C12H14N4O2. The Morgan fingerprint density at radius 3 is 2.67 bits per heavy atom. The number of hydrazone groups is 1. The number of aromatic hydroxyl groups is 1. The molecule has 0 radical (unpaired) electrons. The third kappa shape index (κ3) is 2.65. The van der Waals surface area contributed by atoms with E-state index in [0.29, 0.717) is 5.96 Å². The summed E-state index contributed by atoms with van der Waals surface area (Å²) < 4.78 is 0. The highest BCUT2D eigenvalue weighted by atomic mass is 16.3. The third-order valence-corrected chi connectivity index (χ3v) is 2.34. The SMILES string of the molecule is CC(C)=NNC1=NC(c2ccc(O)cc2)C(=O)N1. The first kappa shape index (κ1) is 12.1. The maximum atomic E-state index is 11.7. The zero-order chi connectivity index (χ0) is 13.1. The first-order chi connectivity index (χ1) is 8.56. The Balaban J connectivity index is 2.16. The molecule has 0 saturated carbocycles. The second-order valence-corrected chi connectivity index (χ2v) is 4.13. The van der Waals surface area contributed by atoms with Gasteiger partial charge in [-0.15, -0.1) is 0 Å². The van der Waals surface area contributed by atoms with Crippen molar-refractivity contribution >= 4 is 17.6 Å². The van der Waals surface area contributed by atoms with Gasteiger partial charge in [0, 0.05) is 5.71 Å². The summed E-state index contributed by atoms with van der Waals surface area (Å²) in [5.41, 5.74) is 4.23. The first-order valence-corrected chi connectivity index (χ1v) is 5.51. The number of hydrogen-bond acceptors (Lipinski definition) is 5. The minimum Gasteiger partial charge on any atom is -0.508 e. The lowest BCUT2D eigenvalue weighted by Gasteiger charge is -2.03. The molecule has 0 aromatic heterocycles. The molecule has 0 bridgehead atoms. The van der Waals surface area contributed by atoms with Crippen LogP contribution >= 0.6 is 0 Å². The number of guanidine groups is 1. The van der Waals surface area contributed by atoms with Gasteiger partial charge in [-0.1, -0.05) is 12.1 Å². The average molecular weight is 246 g/mol. The molecule has 1 atom stereocenters. The van der Waals surface area contributed by atoms with Crippen molar-refractivity contribution in [2.45, 2.75) is 19.9 Å². The first-order valence-electron chi connectivity index (χ1n) is 5.51. The van der Waals surface area contributed by atoms with Crippen LogP contribution in [0, 0.1) is 0 Å². The van der Waals surface area contributed by atoms with Crippen molar-refractivity contribution in [1.29, 1.82) is 0 Å². The number of hydrogen-bond donors (Lipinski definition) is 3. The molecule has 2 rings (SSSR count). The quantitative estimate of drug-likeness (QED) is 0.535. The van der Waals surface area contributed by atoms with E-state index < -0.39 is 6.04 Å². The molecule has 1 amide bonds. The summed E-state index contributed by atoms with van der Waals surface area (Å²) in [7, 11) is 0. The Labute approximate surface area is 104 Å². The van der Waals surface area contributed by atoms with Gasteiger partial charge in [-0.25, -0.2) is 10.4 Å². The Morgan fingerprint density at radius 2 is 2.06 bits per heavy atom. The zero-order valence-corrected chi connectivity index (χ0v) is 10.1. The van der Waals surface area contributed by atoms with E-state index >= 15 is 0 Å². The summed E-state index contributed by atoms with van der Waals surface area (Å²) in [6.45, 7) is 3.67. The van der Waals surface area contributed by atoms with E-state index in [1.807, 2.05) is 13.8 Å². The topological polar surface area (TPSA) is 86.1 Å². The van der Waals surface area contributed by atoms with Crippen LogP contribution in [0.5, 0.6) is 5.75 Å². The molecule has 1 unspecified atom stereocenters. The molecule has 94 valence electrons. The molecule has 0 aliphatic carbocycles. The highest BCUT2D eigenvalue weighted by Gasteiger charge is 2.27. The fourth-order valence-electron chi connectivity index (χ4n) is 1.51. The van der Waals surface area contributed by atoms with Crippen molar-refractivity contribution in [3.63, 3.8) is 0 Å². The second-order valence-electron chi connectivity index (χ2n) is 4.13. The van der Waals surface area contributed by atoms with Crippen LogP contribution in [0.2, 0.25) is 0 Å². The van der Waals surface area contributed by atoms with E-state index in [-0.39, 0.29) is 11.7 Å². The number of carbonyl (C=O) groups is 1. The largest absolute Gasteiger partial charge is 0.508 e. The van der Waals surface area contributed by atoms with Crippen molar-refractivity contribution in [1.82, 2.24) is 10.7 Å². The number of aliphatic imine (C=N–C) groups is 1. The minimum absolute atomic E-state index is 0.158. The van der Waals surface area contributed by atoms with E-state index in [9.17, 15) is 9.90 Å². The Kier molecular flexibility index (Phi) is 3.27. The zero-order valence-electron chi connectivity index (χ0n) is 10.1. The Hall–Kier alpha value is -2.37. The predicted octanol–water partition coefficient (Wildman–Crippen LogP) is 0.904. The van der Waals surface area contributed by atoms with E-state index in [0.717, 1.165) is 11.3 Å². The van der Waals surface area contributed by atoms with Crippen molar-refractivity contribution in [3.05, 3.63) is 29.8 Å². The molecule has 1 aliphatic rings. The predicted molar refractivity (Wildman–Crippen MR) is 68.3 cm³/mol. The van der Waals surface area contributed by atoms with Crippen LogP contribution in [-0.2, 0) is 4.79 Å². The van der Waals surface area contributed by atoms with E-state index in [4.69, 9.17) is 0 Å². The normalized spacial score (nSPS) is 18.0. The monoisotopic (exact) mass is 246 g/mol. The van der Waals surface area contributed by atoms with Crippen LogP contribution in [0.3, 0.4) is 0 Å². The van der Waals surface area contributed by atoms with Gasteiger partial charge >= 0.3 is 0 Å². The van der Waals surface area contributed by atoms with Crippen LogP contribution < -0.4 is 10.7 Å². The Morgan fingerprint density at radius 1 is 1.39 bits per heavy atom. The van der Waals surface area contributed by atoms with Gasteiger partial charge in [0.1, 0.15) is 5.75 Å². The number of carbonyl (C=O) groups excluding carboxylic acids is 1. The fourth-order valence-corrected chi connectivity index (χ4v) is 1.51. The molecule has 3 N–H and O–H groups in total. The Bertz CT molecular complexity index is 515. The molecule has 1 aromatic carbocycles. The number of amides is 1. The van der Waals surface area contributed by atoms with Crippen LogP contribution in [-0.4, -0.2) is 22.7 Å². The molecule has 18 heavy (non-hydrogen) atoms. The lowest BCUT2D eigenvalue weighted by Crippen LogP contribution is -2.34. The van der Waals surface area contributed by atoms with Gasteiger partial charge < -0.3 is 5.11 Å². The van der Waals surface area contributed by atoms with Gasteiger partial charge in [-0.3, -0.25) is 10.1 Å². The summed E-state index contributed by atoms with van der Waals surface area (Å²) >= 11 is 0. The van der Waals surface area contributed by atoms with Crippen LogP contribution in [0.4, 0.5) is 0 Å². The van der Waals surface area contributed by atoms with Crippen LogP contribution in [0.1, 0.15) is 25.5 Å². The summed E-state index contributed by atoms with van der Waals surface area (Å²) in [5, 5.41) is 15.8. The van der Waals surface area contributed by atoms with Crippen molar-refractivity contribution in [2.75, 3.05) is 0 Å². The number of nitrogens with zero attached hydrogens (tertiary/aromatic N) is 2. The molecule has 0 fully saturated rings. The van der Waals surface area contributed by atoms with Crippen molar-refractivity contribution in [2.24, 2.45) is 10.1 Å². The molecule has 1 aromatic rings. The van der Waals surface area contributed by atoms with Crippen LogP contribution in [0.15, 0.2) is 34.4 Å². The van der Waals surface area contributed by atoms with E-state index in [1.165, 1.54) is 12.1 Å². The lowest BCUT2D eigenvalue weighted by atomic mass is 10.1. The summed E-state index contributed by atoms with van der Waals surface area (Å²) in [5.74, 6) is 0.275. The van der Waals surface area contributed by atoms with Crippen molar-refractivity contribution < 1.29 is 9.90 Å². The van der Waals surface area contributed by atoms with Gasteiger partial charge in [-0.05, 0) is 31.5 Å². The van der Waals surface area contributed by atoms with Gasteiger partial charge in [0.15, 0.2) is 6.04 Å². The molecule has 6 heteroatoms. The maximum absolute atomic E-state index is 11.7. The van der Waals surface area contributed by atoms with E-state index in [1.54, 1.807) is 12.1 Å². The van der Waals surface area contributed by atoms with Gasteiger partial charge in [0.2, 0.25) is 5.96 Å². The van der Waals surface area contributed by atoms with Crippen molar-refractivity contribution in [3.8, 4) is 5.75 Å². The molecule has 0 spiro atoms. The standard InChI is InChI=1S/C12H14N4O2/c1-7(2)15-16-12-13-10(11(18)14-12)8-3-5-9(17)6-4-8/h3-6,10,17H,1-2H3,(H2,13,14,16,18). The highest BCUT2D eigenvalue weighted by molar-refractivity contribution is 6.05. The van der Waals surface area contributed by atoms with E-state index in [2.05, 4.69) is 20.8 Å². The smallest absolute Gasteiger partial charge is 0.256 e. The number of nitrogens with one attached hydrogen (secondary N) is 2. The average Bonchev–Trinajstić information content (AvgIpc) is 2.69. The molecular weight excluding hydrogens is 232 g/mol. The fraction of sp³-hybridized carbons (Fsp3) is 0.250. The molecule has 6 nitrogen and oxygen atoms in total. The minimum atomic E-state index is -0.597. The highest BCUT2D eigenvalue weighted by Crippen LogP contribution is 2.22. The maximum Gasteiger partial charge on any atom is 0.256 e. The third-order valence-electron chi connectivity index (χ3n) is 2.34.